The molecule has 19 heavy (non-hydrogen) atoms. The lowest BCUT2D eigenvalue weighted by Gasteiger charge is -2.10. The van der Waals surface area contributed by atoms with Crippen LogP contribution in [-0.2, 0) is 12.7 Å². The van der Waals surface area contributed by atoms with Crippen molar-refractivity contribution in [2.45, 2.75) is 17.6 Å². The second-order valence-corrected chi connectivity index (χ2v) is 5.04. The first-order valence-electron chi connectivity index (χ1n) is 5.52. The molecule has 1 aromatic heterocycles. The number of nitrogens with zero attached hydrogens (tertiary/aromatic N) is 2. The van der Waals surface area contributed by atoms with Gasteiger partial charge in [0, 0.05) is 35.3 Å². The minimum absolute atomic E-state index is 0.158. The number of imidazole rings is 1. The van der Waals surface area contributed by atoms with Crippen molar-refractivity contribution in [1.82, 2.24) is 9.55 Å². The van der Waals surface area contributed by atoms with Crippen molar-refractivity contribution in [1.29, 1.82) is 0 Å². The van der Waals surface area contributed by atoms with E-state index in [4.69, 9.17) is 5.73 Å². The Morgan fingerprint density at radius 2 is 2.11 bits per heavy atom. The fourth-order valence-electron chi connectivity index (χ4n) is 1.54. The number of hydrogen-bond donors (Lipinski definition) is 1. The molecule has 0 saturated carbocycles. The zero-order valence-corrected chi connectivity index (χ0v) is 10.7. The molecule has 0 fully saturated rings. The minimum atomic E-state index is -4.35. The average Bonchev–Trinajstić information content (AvgIpc) is 2.83. The normalized spacial score (nSPS) is 11.7. The molecule has 0 unspecified atom stereocenters. The molecule has 2 aromatic rings. The summed E-state index contributed by atoms with van der Waals surface area (Å²) in [6.07, 6.45) is 0.846. The van der Waals surface area contributed by atoms with E-state index in [-0.39, 0.29) is 5.69 Å². The van der Waals surface area contributed by atoms with Crippen LogP contribution in [0, 0.1) is 0 Å². The molecule has 0 radical (unpaired) electrons. The number of nitrogen functional groups attached to an aromatic ring is 1. The summed E-state index contributed by atoms with van der Waals surface area (Å²) in [5.74, 6) is 0.714. The summed E-state index contributed by atoms with van der Waals surface area (Å²) < 4.78 is 39.3. The summed E-state index contributed by atoms with van der Waals surface area (Å²) in [4.78, 5) is 4.57. The van der Waals surface area contributed by atoms with E-state index in [9.17, 15) is 13.2 Å². The Labute approximate surface area is 112 Å². The van der Waals surface area contributed by atoms with Gasteiger partial charge in [-0.15, -0.1) is 11.8 Å². The monoisotopic (exact) mass is 287 g/mol. The van der Waals surface area contributed by atoms with Gasteiger partial charge in [0.15, 0.2) is 0 Å². The molecule has 3 nitrogen and oxygen atoms in total. The van der Waals surface area contributed by atoms with Gasteiger partial charge in [-0.1, -0.05) is 0 Å². The number of alkyl halides is 3. The highest BCUT2D eigenvalue weighted by molar-refractivity contribution is 7.99. The fourth-order valence-corrected chi connectivity index (χ4v) is 2.45. The average molecular weight is 287 g/mol. The summed E-state index contributed by atoms with van der Waals surface area (Å²) in [5, 5.41) is 0. The molecule has 102 valence electrons. The molecule has 0 bridgehead atoms. The van der Waals surface area contributed by atoms with Crippen LogP contribution in [-0.4, -0.2) is 15.3 Å². The number of nitrogens with two attached hydrogens (primary N) is 1. The Balaban J connectivity index is 1.97. The molecule has 0 saturated heterocycles. The lowest BCUT2D eigenvalue weighted by atomic mass is 10.2. The van der Waals surface area contributed by atoms with Crippen LogP contribution in [0.2, 0.25) is 0 Å². The first kappa shape index (κ1) is 13.8. The molecule has 0 aliphatic heterocycles. The topological polar surface area (TPSA) is 43.8 Å². The van der Waals surface area contributed by atoms with Gasteiger partial charge in [-0.05, 0) is 18.2 Å². The Morgan fingerprint density at radius 3 is 2.68 bits per heavy atom. The van der Waals surface area contributed by atoms with E-state index in [1.165, 1.54) is 17.8 Å². The summed E-state index contributed by atoms with van der Waals surface area (Å²) in [7, 11) is 0. The molecule has 2 rings (SSSR count). The Morgan fingerprint density at radius 1 is 1.32 bits per heavy atom. The zero-order chi connectivity index (χ0) is 13.9. The Bertz CT molecular complexity index is 538. The number of aromatic nitrogens is 2. The Hall–Kier alpha value is -1.63. The predicted octanol–water partition coefficient (Wildman–Crippen LogP) is 3.28. The van der Waals surface area contributed by atoms with Gasteiger partial charge in [0.2, 0.25) is 0 Å². The van der Waals surface area contributed by atoms with Crippen LogP contribution in [0.4, 0.5) is 18.9 Å². The van der Waals surface area contributed by atoms with Crippen molar-refractivity contribution in [2.75, 3.05) is 11.5 Å². The molecular formula is C12H12F3N3S. The maximum Gasteiger partial charge on any atom is 0.416 e. The third kappa shape index (κ3) is 3.66. The van der Waals surface area contributed by atoms with E-state index in [1.54, 1.807) is 12.5 Å². The van der Waals surface area contributed by atoms with Crippen molar-refractivity contribution < 1.29 is 13.2 Å². The van der Waals surface area contributed by atoms with E-state index in [0.717, 1.165) is 18.7 Å². The van der Waals surface area contributed by atoms with Gasteiger partial charge in [0.1, 0.15) is 0 Å². The highest BCUT2D eigenvalue weighted by Gasteiger charge is 2.30. The summed E-state index contributed by atoms with van der Waals surface area (Å²) in [6.45, 7) is 0.727. The number of halogens is 3. The summed E-state index contributed by atoms with van der Waals surface area (Å²) >= 11 is 1.42. The van der Waals surface area contributed by atoms with E-state index in [0.29, 0.717) is 10.6 Å². The predicted molar refractivity (Wildman–Crippen MR) is 68.8 cm³/mol. The molecule has 0 amide bonds. The van der Waals surface area contributed by atoms with Crippen molar-refractivity contribution in [3.63, 3.8) is 0 Å². The van der Waals surface area contributed by atoms with E-state index >= 15 is 0 Å². The summed E-state index contributed by atoms with van der Waals surface area (Å²) in [5.41, 5.74) is 5.08. The van der Waals surface area contributed by atoms with Gasteiger partial charge in [-0.25, -0.2) is 4.98 Å². The molecule has 7 heteroatoms. The molecule has 0 aliphatic carbocycles. The van der Waals surface area contributed by atoms with Gasteiger partial charge in [0.05, 0.1) is 11.9 Å². The number of rotatable bonds is 4. The van der Waals surface area contributed by atoms with E-state index < -0.39 is 11.7 Å². The third-order valence-corrected chi connectivity index (χ3v) is 3.57. The Kier molecular flexibility index (Phi) is 4.04. The standard InChI is InChI=1S/C12H12F3N3S/c13-12(14,15)9-1-2-11(10(16)7-9)19-6-5-18-4-3-17-8-18/h1-4,7-8H,5-6,16H2. The fraction of sp³-hybridized carbons (Fsp3) is 0.250. The maximum atomic E-state index is 12.5. The molecule has 0 atom stereocenters. The molecule has 0 aliphatic rings. The lowest BCUT2D eigenvalue weighted by Crippen LogP contribution is -2.06. The van der Waals surface area contributed by atoms with Crippen molar-refractivity contribution >= 4 is 17.4 Å². The molecule has 0 spiro atoms. The van der Waals surface area contributed by atoms with Crippen LogP contribution < -0.4 is 5.73 Å². The number of aryl methyl sites for hydroxylation is 1. The third-order valence-electron chi connectivity index (χ3n) is 2.50. The van der Waals surface area contributed by atoms with Gasteiger partial charge >= 0.3 is 6.18 Å². The van der Waals surface area contributed by atoms with Crippen LogP contribution in [0.15, 0.2) is 41.8 Å². The first-order valence-corrected chi connectivity index (χ1v) is 6.50. The molecule has 1 heterocycles. The van der Waals surface area contributed by atoms with E-state index in [1.807, 2.05) is 10.8 Å². The number of benzene rings is 1. The van der Waals surface area contributed by atoms with Crippen LogP contribution in [0.25, 0.3) is 0 Å². The highest BCUT2D eigenvalue weighted by Crippen LogP contribution is 2.34. The van der Waals surface area contributed by atoms with Crippen LogP contribution in [0.1, 0.15) is 5.56 Å². The number of anilines is 1. The second kappa shape index (κ2) is 5.56. The van der Waals surface area contributed by atoms with Gasteiger partial charge in [-0.2, -0.15) is 13.2 Å². The van der Waals surface area contributed by atoms with Crippen LogP contribution >= 0.6 is 11.8 Å². The van der Waals surface area contributed by atoms with Crippen LogP contribution in [0.3, 0.4) is 0 Å². The second-order valence-electron chi connectivity index (χ2n) is 3.90. The molecule has 1 aromatic carbocycles. The van der Waals surface area contributed by atoms with Crippen molar-refractivity contribution in [2.24, 2.45) is 0 Å². The van der Waals surface area contributed by atoms with Crippen molar-refractivity contribution in [3.05, 3.63) is 42.5 Å². The lowest BCUT2D eigenvalue weighted by molar-refractivity contribution is -0.137. The van der Waals surface area contributed by atoms with Crippen molar-refractivity contribution in [3.8, 4) is 0 Å². The van der Waals surface area contributed by atoms with Gasteiger partial charge < -0.3 is 10.3 Å². The molecular weight excluding hydrogens is 275 g/mol. The largest absolute Gasteiger partial charge is 0.416 e. The zero-order valence-electron chi connectivity index (χ0n) is 9.89. The highest BCUT2D eigenvalue weighted by atomic mass is 32.2. The summed E-state index contributed by atoms with van der Waals surface area (Å²) in [6, 6.07) is 3.44. The minimum Gasteiger partial charge on any atom is -0.398 e. The van der Waals surface area contributed by atoms with Crippen LogP contribution in [0.5, 0.6) is 0 Å². The maximum absolute atomic E-state index is 12.5. The quantitative estimate of drug-likeness (QED) is 0.693. The molecule has 2 N–H and O–H groups in total. The number of thioether (sulfide) groups is 1. The SMILES string of the molecule is Nc1cc(C(F)(F)F)ccc1SCCn1ccnc1. The van der Waals surface area contributed by atoms with Gasteiger partial charge in [0.25, 0.3) is 0 Å². The first-order chi connectivity index (χ1) is 8.97. The number of hydrogen-bond acceptors (Lipinski definition) is 3. The van der Waals surface area contributed by atoms with E-state index in [2.05, 4.69) is 4.98 Å². The van der Waals surface area contributed by atoms with Gasteiger partial charge in [-0.3, -0.25) is 0 Å². The smallest absolute Gasteiger partial charge is 0.398 e.